The number of amides is 1. The number of pyridine rings is 1. The van der Waals surface area contributed by atoms with E-state index in [-0.39, 0.29) is 5.82 Å². The summed E-state index contributed by atoms with van der Waals surface area (Å²) in [5.74, 6) is -0.218. The second kappa shape index (κ2) is 7.42. The van der Waals surface area contributed by atoms with Gasteiger partial charge in [-0.1, -0.05) is 0 Å². The zero-order valence-corrected chi connectivity index (χ0v) is 13.4. The minimum atomic E-state index is -0.507. The molecule has 0 saturated carbocycles. The van der Waals surface area contributed by atoms with E-state index in [4.69, 9.17) is 4.74 Å². The molecule has 5 nitrogen and oxygen atoms in total. The fraction of sp³-hybridized carbons (Fsp3) is 0.538. The SMILES string of the molecule is CC(C)(C)OC(=O)NCCCNc1ncc(Br)cc1F. The van der Waals surface area contributed by atoms with Gasteiger partial charge in [0.05, 0.1) is 0 Å². The molecule has 0 unspecified atom stereocenters. The summed E-state index contributed by atoms with van der Waals surface area (Å²) >= 11 is 3.14. The molecule has 1 amide bonds. The lowest BCUT2D eigenvalue weighted by Crippen LogP contribution is -2.33. The molecule has 7 heteroatoms. The fourth-order valence-electron chi connectivity index (χ4n) is 1.34. The highest BCUT2D eigenvalue weighted by Gasteiger charge is 2.15. The summed E-state index contributed by atoms with van der Waals surface area (Å²) in [4.78, 5) is 15.3. The molecule has 0 aliphatic rings. The molecule has 1 aromatic rings. The van der Waals surface area contributed by atoms with Crippen LogP contribution in [0.25, 0.3) is 0 Å². The maximum Gasteiger partial charge on any atom is 0.407 e. The van der Waals surface area contributed by atoms with Crippen molar-refractivity contribution < 1.29 is 13.9 Å². The first kappa shape index (κ1) is 16.7. The smallest absolute Gasteiger partial charge is 0.407 e. The van der Waals surface area contributed by atoms with Crippen LogP contribution in [0.4, 0.5) is 15.0 Å². The highest BCUT2D eigenvalue weighted by Crippen LogP contribution is 2.15. The molecule has 0 atom stereocenters. The third-order valence-electron chi connectivity index (χ3n) is 2.12. The molecule has 1 heterocycles. The Morgan fingerprint density at radius 1 is 1.45 bits per heavy atom. The molecule has 0 radical (unpaired) electrons. The van der Waals surface area contributed by atoms with Gasteiger partial charge in [0.2, 0.25) is 0 Å². The van der Waals surface area contributed by atoms with Crippen LogP contribution in [-0.2, 0) is 4.74 Å². The molecular weight excluding hydrogens is 329 g/mol. The third-order valence-corrected chi connectivity index (χ3v) is 2.56. The summed E-state index contributed by atoms with van der Waals surface area (Å²) in [6.07, 6.45) is 1.70. The van der Waals surface area contributed by atoms with Crippen molar-refractivity contribution in [2.45, 2.75) is 32.8 Å². The zero-order chi connectivity index (χ0) is 15.2. The van der Waals surface area contributed by atoms with Crippen LogP contribution in [-0.4, -0.2) is 29.8 Å². The molecule has 20 heavy (non-hydrogen) atoms. The quantitative estimate of drug-likeness (QED) is 0.802. The van der Waals surface area contributed by atoms with Crippen LogP contribution in [0, 0.1) is 5.82 Å². The van der Waals surface area contributed by atoms with E-state index in [0.717, 1.165) is 0 Å². The van der Waals surface area contributed by atoms with E-state index in [1.54, 1.807) is 20.8 Å². The molecule has 0 aromatic carbocycles. The predicted octanol–water partition coefficient (Wildman–Crippen LogP) is 3.31. The lowest BCUT2D eigenvalue weighted by molar-refractivity contribution is 0.0528. The van der Waals surface area contributed by atoms with Crippen LogP contribution >= 0.6 is 15.9 Å². The normalized spacial score (nSPS) is 11.1. The first-order valence-corrected chi connectivity index (χ1v) is 7.09. The maximum absolute atomic E-state index is 13.4. The number of hydrogen-bond donors (Lipinski definition) is 2. The Labute approximate surface area is 126 Å². The van der Waals surface area contributed by atoms with Crippen LogP contribution in [0.15, 0.2) is 16.7 Å². The van der Waals surface area contributed by atoms with Gasteiger partial charge < -0.3 is 15.4 Å². The summed E-state index contributed by atoms with van der Waals surface area (Å²) < 4.78 is 19.1. The molecule has 0 fully saturated rings. The summed E-state index contributed by atoms with van der Waals surface area (Å²) in [7, 11) is 0. The van der Waals surface area contributed by atoms with E-state index in [1.807, 2.05) is 0 Å². The number of carbonyl (C=O) groups is 1. The van der Waals surface area contributed by atoms with Gasteiger partial charge in [0.15, 0.2) is 11.6 Å². The minimum absolute atomic E-state index is 0.200. The maximum atomic E-state index is 13.4. The van der Waals surface area contributed by atoms with E-state index in [0.29, 0.717) is 24.0 Å². The van der Waals surface area contributed by atoms with Crippen LogP contribution in [0.3, 0.4) is 0 Å². The number of nitrogens with zero attached hydrogens (tertiary/aromatic N) is 1. The Balaban J connectivity index is 2.21. The molecule has 0 bridgehead atoms. The Kier molecular flexibility index (Phi) is 6.19. The van der Waals surface area contributed by atoms with Gasteiger partial charge in [0.1, 0.15) is 5.60 Å². The number of halogens is 2. The number of carbonyl (C=O) groups excluding carboxylic acids is 1. The van der Waals surface area contributed by atoms with Gasteiger partial charge in [-0.2, -0.15) is 0 Å². The number of anilines is 1. The average molecular weight is 348 g/mol. The van der Waals surface area contributed by atoms with Crippen LogP contribution in [0.5, 0.6) is 0 Å². The summed E-state index contributed by atoms with van der Waals surface area (Å²) in [6, 6.07) is 1.34. The standard InChI is InChI=1S/C13H19BrFN3O2/c1-13(2,3)20-12(19)17-6-4-5-16-11-10(15)7-9(14)8-18-11/h7-8H,4-6H2,1-3H3,(H,16,18)(H,17,19). The van der Waals surface area contributed by atoms with Crippen LogP contribution in [0.1, 0.15) is 27.2 Å². The fourth-order valence-corrected chi connectivity index (χ4v) is 1.65. The van der Waals surface area contributed by atoms with E-state index >= 15 is 0 Å². The lowest BCUT2D eigenvalue weighted by atomic mass is 10.2. The monoisotopic (exact) mass is 347 g/mol. The van der Waals surface area contributed by atoms with Crippen molar-refractivity contribution in [1.29, 1.82) is 0 Å². The van der Waals surface area contributed by atoms with Crippen LogP contribution in [0.2, 0.25) is 0 Å². The highest BCUT2D eigenvalue weighted by atomic mass is 79.9. The molecule has 0 aliphatic heterocycles. The Morgan fingerprint density at radius 3 is 2.75 bits per heavy atom. The van der Waals surface area contributed by atoms with Crippen molar-refractivity contribution in [3.05, 3.63) is 22.6 Å². The van der Waals surface area contributed by atoms with Crippen molar-refractivity contribution in [2.24, 2.45) is 0 Å². The number of alkyl carbamates (subject to hydrolysis) is 1. The molecule has 0 saturated heterocycles. The Bertz CT molecular complexity index is 463. The topological polar surface area (TPSA) is 63.2 Å². The number of aromatic nitrogens is 1. The van der Waals surface area contributed by atoms with Crippen molar-refractivity contribution >= 4 is 27.8 Å². The van der Waals surface area contributed by atoms with Gasteiger partial charge in [0, 0.05) is 23.8 Å². The van der Waals surface area contributed by atoms with Gasteiger partial charge in [-0.05, 0) is 49.2 Å². The predicted molar refractivity (Wildman–Crippen MR) is 79.2 cm³/mol. The van der Waals surface area contributed by atoms with Crippen molar-refractivity contribution in [3.8, 4) is 0 Å². The highest BCUT2D eigenvalue weighted by molar-refractivity contribution is 9.10. The first-order valence-electron chi connectivity index (χ1n) is 6.30. The molecule has 112 valence electrons. The van der Waals surface area contributed by atoms with Gasteiger partial charge in [-0.15, -0.1) is 0 Å². The lowest BCUT2D eigenvalue weighted by Gasteiger charge is -2.19. The summed E-state index contributed by atoms with van der Waals surface area (Å²) in [6.45, 7) is 6.35. The zero-order valence-electron chi connectivity index (χ0n) is 11.8. The number of ether oxygens (including phenoxy) is 1. The van der Waals surface area contributed by atoms with Crippen LogP contribution < -0.4 is 10.6 Å². The van der Waals surface area contributed by atoms with Gasteiger partial charge in [0.25, 0.3) is 0 Å². The summed E-state index contributed by atoms with van der Waals surface area (Å²) in [5.41, 5.74) is -0.507. The van der Waals surface area contributed by atoms with E-state index in [1.165, 1.54) is 12.3 Å². The largest absolute Gasteiger partial charge is 0.444 e. The Morgan fingerprint density at radius 2 is 2.15 bits per heavy atom. The number of nitrogens with one attached hydrogen (secondary N) is 2. The Hall–Kier alpha value is -1.37. The van der Waals surface area contributed by atoms with Crippen molar-refractivity contribution in [3.63, 3.8) is 0 Å². The van der Waals surface area contributed by atoms with Crippen molar-refractivity contribution in [1.82, 2.24) is 10.3 Å². The second-order valence-electron chi connectivity index (χ2n) is 5.19. The molecule has 0 aliphatic carbocycles. The summed E-state index contributed by atoms with van der Waals surface area (Å²) in [5, 5.41) is 5.49. The molecule has 2 N–H and O–H groups in total. The van der Waals surface area contributed by atoms with Crippen molar-refractivity contribution in [2.75, 3.05) is 18.4 Å². The molecular formula is C13H19BrFN3O2. The average Bonchev–Trinajstić information content (AvgIpc) is 2.28. The first-order chi connectivity index (χ1) is 9.28. The molecule has 1 rings (SSSR count). The molecule has 1 aromatic heterocycles. The van der Waals surface area contributed by atoms with Gasteiger partial charge in [-0.3, -0.25) is 0 Å². The number of hydrogen-bond acceptors (Lipinski definition) is 4. The molecule has 0 spiro atoms. The van der Waals surface area contributed by atoms with Gasteiger partial charge >= 0.3 is 6.09 Å². The second-order valence-corrected chi connectivity index (χ2v) is 6.11. The third kappa shape index (κ3) is 6.70. The van der Waals surface area contributed by atoms with E-state index < -0.39 is 17.5 Å². The van der Waals surface area contributed by atoms with E-state index in [2.05, 4.69) is 31.5 Å². The number of rotatable bonds is 5. The van der Waals surface area contributed by atoms with E-state index in [9.17, 15) is 9.18 Å². The minimum Gasteiger partial charge on any atom is -0.444 e. The van der Waals surface area contributed by atoms with Gasteiger partial charge in [-0.25, -0.2) is 14.2 Å².